The lowest BCUT2D eigenvalue weighted by Gasteiger charge is -2.27. The van der Waals surface area contributed by atoms with Crippen LogP contribution in [0, 0.1) is 6.92 Å². The second kappa shape index (κ2) is 5.11. The highest BCUT2D eigenvalue weighted by Gasteiger charge is 2.18. The predicted octanol–water partition coefficient (Wildman–Crippen LogP) is 1.43. The van der Waals surface area contributed by atoms with Gasteiger partial charge in [0.25, 0.3) is 0 Å². The molecule has 1 N–H and O–H groups in total. The fourth-order valence-electron chi connectivity index (χ4n) is 2.42. The Morgan fingerprint density at radius 1 is 1.37 bits per heavy atom. The van der Waals surface area contributed by atoms with Crippen LogP contribution in [0.3, 0.4) is 0 Å². The number of aryl methyl sites for hydroxylation is 1. The molecule has 0 spiro atoms. The fraction of sp³-hybridized carbons (Fsp3) is 0.429. The highest BCUT2D eigenvalue weighted by molar-refractivity contribution is 5.20. The number of aliphatic hydroxyl groups excluding tert-OH is 1. The summed E-state index contributed by atoms with van der Waals surface area (Å²) in [6, 6.07) is 3.74. The van der Waals surface area contributed by atoms with Crippen molar-refractivity contribution < 1.29 is 9.52 Å². The second-order valence-corrected chi connectivity index (χ2v) is 4.88. The lowest BCUT2D eigenvalue weighted by Crippen LogP contribution is -2.30. The molecule has 2 aromatic heterocycles. The van der Waals surface area contributed by atoms with Gasteiger partial charge in [-0.2, -0.15) is 0 Å². The van der Waals surface area contributed by atoms with Crippen LogP contribution in [0.4, 0.5) is 0 Å². The van der Waals surface area contributed by atoms with Gasteiger partial charge in [-0.15, -0.1) is 0 Å². The van der Waals surface area contributed by atoms with Crippen molar-refractivity contribution in [1.29, 1.82) is 0 Å². The zero-order valence-electron chi connectivity index (χ0n) is 11.0. The maximum absolute atomic E-state index is 8.99. The molecule has 0 fully saturated rings. The topological polar surface area (TPSA) is 62.4 Å². The number of hydrogen-bond acceptors (Lipinski definition) is 5. The van der Waals surface area contributed by atoms with Crippen molar-refractivity contribution in [3.8, 4) is 0 Å². The van der Waals surface area contributed by atoms with Crippen molar-refractivity contribution in [2.24, 2.45) is 0 Å². The van der Waals surface area contributed by atoms with Gasteiger partial charge < -0.3 is 9.52 Å². The average Bonchev–Trinajstić information content (AvgIpc) is 2.86. The van der Waals surface area contributed by atoms with Crippen LogP contribution in [0.25, 0.3) is 0 Å². The summed E-state index contributed by atoms with van der Waals surface area (Å²) in [5.74, 6) is 2.35. The Kier molecular flexibility index (Phi) is 3.31. The number of furan rings is 1. The Morgan fingerprint density at radius 2 is 2.21 bits per heavy atom. The first-order chi connectivity index (χ1) is 9.24. The molecule has 19 heavy (non-hydrogen) atoms. The first-order valence-electron chi connectivity index (χ1n) is 6.47. The van der Waals surface area contributed by atoms with E-state index in [1.165, 1.54) is 11.3 Å². The first kappa shape index (κ1) is 12.3. The van der Waals surface area contributed by atoms with E-state index < -0.39 is 0 Å². The van der Waals surface area contributed by atoms with Crippen molar-refractivity contribution in [3.63, 3.8) is 0 Å². The maximum Gasteiger partial charge on any atom is 0.129 e. The van der Waals surface area contributed by atoms with Crippen LogP contribution in [0.2, 0.25) is 0 Å². The van der Waals surface area contributed by atoms with E-state index in [1.807, 2.05) is 25.3 Å². The number of hydrogen-bond donors (Lipinski definition) is 1. The highest BCUT2D eigenvalue weighted by Crippen LogP contribution is 2.19. The van der Waals surface area contributed by atoms with Crippen molar-refractivity contribution in [1.82, 2.24) is 14.9 Å². The Bertz CT molecular complexity index is 580. The van der Waals surface area contributed by atoms with Crippen molar-refractivity contribution in [2.75, 3.05) is 6.54 Å². The van der Waals surface area contributed by atoms with Crippen LogP contribution >= 0.6 is 0 Å². The SMILES string of the molecule is Cc1ncc2c(n1)CCN(Cc1ccc(CO)o1)C2. The molecule has 0 unspecified atom stereocenters. The van der Waals surface area contributed by atoms with Crippen LogP contribution in [-0.2, 0) is 26.1 Å². The lowest BCUT2D eigenvalue weighted by molar-refractivity contribution is 0.207. The third-order valence-corrected chi connectivity index (χ3v) is 3.39. The quantitative estimate of drug-likeness (QED) is 0.903. The Hall–Kier alpha value is -1.72. The van der Waals surface area contributed by atoms with Crippen LogP contribution < -0.4 is 0 Å². The maximum atomic E-state index is 8.99. The summed E-state index contributed by atoms with van der Waals surface area (Å²) in [4.78, 5) is 11.0. The number of rotatable bonds is 3. The molecule has 1 aliphatic heterocycles. The molecule has 3 heterocycles. The van der Waals surface area contributed by atoms with Gasteiger partial charge in [-0.1, -0.05) is 0 Å². The van der Waals surface area contributed by atoms with Gasteiger partial charge in [0.1, 0.15) is 24.0 Å². The van der Waals surface area contributed by atoms with Crippen molar-refractivity contribution >= 4 is 0 Å². The first-order valence-corrected chi connectivity index (χ1v) is 6.47. The van der Waals surface area contributed by atoms with Gasteiger partial charge in [0.15, 0.2) is 0 Å². The van der Waals surface area contributed by atoms with E-state index >= 15 is 0 Å². The molecule has 0 aromatic carbocycles. The minimum atomic E-state index is -0.0457. The Balaban J connectivity index is 1.70. The normalized spacial score (nSPS) is 15.5. The second-order valence-electron chi connectivity index (χ2n) is 4.88. The third kappa shape index (κ3) is 2.67. The number of aliphatic hydroxyl groups is 1. The summed E-state index contributed by atoms with van der Waals surface area (Å²) >= 11 is 0. The molecular formula is C14H17N3O2. The van der Waals surface area contributed by atoms with E-state index in [1.54, 1.807) is 0 Å². The molecule has 100 valence electrons. The molecule has 0 atom stereocenters. The standard InChI is InChI=1S/C14H17N3O2/c1-10-15-6-11-7-17(5-4-14(11)16-10)8-12-2-3-13(9-18)19-12/h2-3,6,18H,4-5,7-9H2,1H3. The van der Waals surface area contributed by atoms with Gasteiger partial charge in [0, 0.05) is 37.0 Å². The van der Waals surface area contributed by atoms with Gasteiger partial charge in [0.2, 0.25) is 0 Å². The van der Waals surface area contributed by atoms with E-state index in [2.05, 4.69) is 14.9 Å². The molecule has 2 aromatic rings. The minimum absolute atomic E-state index is 0.0457. The molecule has 0 saturated carbocycles. The van der Waals surface area contributed by atoms with Gasteiger partial charge in [0.05, 0.1) is 6.54 Å². The Labute approximate surface area is 111 Å². The summed E-state index contributed by atoms with van der Waals surface area (Å²) < 4.78 is 5.52. The molecular weight excluding hydrogens is 242 g/mol. The molecule has 0 amide bonds. The van der Waals surface area contributed by atoms with E-state index in [9.17, 15) is 0 Å². The molecule has 0 radical (unpaired) electrons. The van der Waals surface area contributed by atoms with Gasteiger partial charge in [-0.05, 0) is 19.1 Å². The molecule has 5 heteroatoms. The van der Waals surface area contributed by atoms with E-state index in [-0.39, 0.29) is 6.61 Å². The average molecular weight is 259 g/mol. The summed E-state index contributed by atoms with van der Waals surface area (Å²) in [7, 11) is 0. The summed E-state index contributed by atoms with van der Waals surface area (Å²) in [5.41, 5.74) is 2.37. The lowest BCUT2D eigenvalue weighted by atomic mass is 10.1. The van der Waals surface area contributed by atoms with E-state index in [0.29, 0.717) is 5.76 Å². The molecule has 0 bridgehead atoms. The van der Waals surface area contributed by atoms with Crippen LogP contribution in [0.15, 0.2) is 22.7 Å². The largest absolute Gasteiger partial charge is 0.462 e. The molecule has 5 nitrogen and oxygen atoms in total. The van der Waals surface area contributed by atoms with Gasteiger partial charge >= 0.3 is 0 Å². The summed E-state index contributed by atoms with van der Waals surface area (Å²) in [6.45, 7) is 4.46. The number of nitrogens with zero attached hydrogens (tertiary/aromatic N) is 3. The number of fused-ring (bicyclic) bond motifs is 1. The van der Waals surface area contributed by atoms with Crippen LogP contribution in [0.5, 0.6) is 0 Å². The van der Waals surface area contributed by atoms with E-state index in [0.717, 1.165) is 37.6 Å². The summed E-state index contributed by atoms with van der Waals surface area (Å²) in [5, 5.41) is 8.99. The Morgan fingerprint density at radius 3 is 3.00 bits per heavy atom. The van der Waals surface area contributed by atoms with Crippen LogP contribution in [0.1, 0.15) is 28.6 Å². The zero-order chi connectivity index (χ0) is 13.2. The highest BCUT2D eigenvalue weighted by atomic mass is 16.4. The van der Waals surface area contributed by atoms with Gasteiger partial charge in [-0.3, -0.25) is 4.90 Å². The smallest absolute Gasteiger partial charge is 0.129 e. The van der Waals surface area contributed by atoms with Crippen LogP contribution in [-0.4, -0.2) is 26.5 Å². The minimum Gasteiger partial charge on any atom is -0.462 e. The molecule has 1 aliphatic rings. The third-order valence-electron chi connectivity index (χ3n) is 3.39. The molecule has 0 aliphatic carbocycles. The summed E-state index contributed by atoms with van der Waals surface area (Å²) in [6.07, 6.45) is 2.87. The molecule has 0 saturated heterocycles. The fourth-order valence-corrected chi connectivity index (χ4v) is 2.42. The van der Waals surface area contributed by atoms with Gasteiger partial charge in [-0.25, -0.2) is 9.97 Å². The van der Waals surface area contributed by atoms with Crippen molar-refractivity contribution in [2.45, 2.75) is 33.0 Å². The van der Waals surface area contributed by atoms with E-state index in [4.69, 9.17) is 9.52 Å². The zero-order valence-corrected chi connectivity index (χ0v) is 11.0. The van der Waals surface area contributed by atoms with Crippen molar-refractivity contribution in [3.05, 3.63) is 46.9 Å². The number of aromatic nitrogens is 2. The monoisotopic (exact) mass is 259 g/mol. The predicted molar refractivity (Wildman–Crippen MR) is 69.2 cm³/mol. The molecule has 3 rings (SSSR count).